The van der Waals surface area contributed by atoms with Crippen molar-refractivity contribution in [2.75, 3.05) is 0 Å². The summed E-state index contributed by atoms with van der Waals surface area (Å²) in [5.74, 6) is 0. The molecule has 0 aromatic carbocycles. The van der Waals surface area contributed by atoms with Crippen molar-refractivity contribution in [3.05, 3.63) is 30.7 Å². The summed E-state index contributed by atoms with van der Waals surface area (Å²) in [6, 6.07) is 2.17. The molecule has 2 aromatic rings. The number of hydrogen-bond acceptors (Lipinski definition) is 2. The van der Waals surface area contributed by atoms with E-state index in [0.29, 0.717) is 0 Å². The third-order valence-corrected chi connectivity index (χ3v) is 5.08. The van der Waals surface area contributed by atoms with E-state index in [0.717, 1.165) is 0 Å². The maximum atomic E-state index is 2.42. The molecule has 0 spiro atoms. The van der Waals surface area contributed by atoms with Crippen LogP contribution in [0.5, 0.6) is 0 Å². The number of halogens is 1. The molecular weight excluding hydrogens is 299 g/mol. The van der Waals surface area contributed by atoms with Gasteiger partial charge in [-0.15, -0.1) is 11.3 Å². The first-order chi connectivity index (χ1) is 5.79. The Morgan fingerprint density at radius 3 is 2.67 bits per heavy atom. The topological polar surface area (TPSA) is 0 Å². The molecule has 0 amide bonds. The zero-order chi connectivity index (χ0) is 8.55. The minimum atomic E-state index is 1.36. The maximum Gasteiger partial charge on any atom is 0.0345 e. The Morgan fingerprint density at radius 2 is 2.17 bits per heavy atom. The molecule has 0 unspecified atom stereocenters. The van der Waals surface area contributed by atoms with Crippen LogP contribution in [0.4, 0.5) is 0 Å². The average Bonchev–Trinajstić information content (AvgIpc) is 2.64. The summed E-state index contributed by atoms with van der Waals surface area (Å²) >= 11 is 6.00. The van der Waals surface area contributed by atoms with Crippen molar-refractivity contribution in [3.63, 3.8) is 0 Å². The number of aryl methyl sites for hydroxylation is 1. The average molecular weight is 306 g/mol. The Labute approximate surface area is 93.4 Å². The normalized spacial score (nSPS) is 10.5. The van der Waals surface area contributed by atoms with Crippen molar-refractivity contribution < 1.29 is 0 Å². The maximum absolute atomic E-state index is 2.42. The van der Waals surface area contributed by atoms with Gasteiger partial charge in [0.2, 0.25) is 0 Å². The minimum Gasteiger partial charge on any atom is -0.152 e. The first-order valence-electron chi connectivity index (χ1n) is 3.55. The molecule has 0 bridgehead atoms. The number of thiophene rings is 2. The SMILES string of the molecule is Cc1scc(-c2ccsc2)c1I. The third-order valence-electron chi connectivity index (χ3n) is 1.73. The first-order valence-corrected chi connectivity index (χ1v) is 6.45. The van der Waals surface area contributed by atoms with E-state index in [9.17, 15) is 0 Å². The van der Waals surface area contributed by atoms with Crippen LogP contribution in [-0.4, -0.2) is 0 Å². The van der Waals surface area contributed by atoms with Crippen LogP contribution in [0.1, 0.15) is 4.88 Å². The molecule has 0 radical (unpaired) electrons. The highest BCUT2D eigenvalue weighted by Gasteiger charge is 2.06. The fourth-order valence-corrected chi connectivity index (χ4v) is 3.53. The van der Waals surface area contributed by atoms with Gasteiger partial charge in [-0.05, 0) is 57.3 Å². The van der Waals surface area contributed by atoms with E-state index >= 15 is 0 Å². The van der Waals surface area contributed by atoms with Crippen molar-refractivity contribution in [1.82, 2.24) is 0 Å². The van der Waals surface area contributed by atoms with Crippen LogP contribution in [0.15, 0.2) is 22.2 Å². The highest BCUT2D eigenvalue weighted by Crippen LogP contribution is 2.33. The van der Waals surface area contributed by atoms with Gasteiger partial charge < -0.3 is 0 Å². The van der Waals surface area contributed by atoms with Gasteiger partial charge in [-0.3, -0.25) is 0 Å². The van der Waals surface area contributed by atoms with E-state index in [1.54, 1.807) is 11.3 Å². The second kappa shape index (κ2) is 3.47. The minimum absolute atomic E-state index is 1.36. The molecule has 3 heteroatoms. The molecule has 62 valence electrons. The van der Waals surface area contributed by atoms with Crippen LogP contribution in [0.25, 0.3) is 11.1 Å². The molecule has 0 aliphatic rings. The van der Waals surface area contributed by atoms with Crippen LogP contribution in [-0.2, 0) is 0 Å². The Kier molecular flexibility index (Phi) is 2.52. The lowest BCUT2D eigenvalue weighted by molar-refractivity contribution is 1.58. The van der Waals surface area contributed by atoms with Gasteiger partial charge in [-0.25, -0.2) is 0 Å². The molecule has 0 saturated heterocycles. The molecular formula is C9H7IS2. The Bertz CT molecular complexity index is 373. The highest BCUT2D eigenvalue weighted by molar-refractivity contribution is 14.1. The number of rotatable bonds is 1. The fraction of sp³-hybridized carbons (Fsp3) is 0.111. The zero-order valence-electron chi connectivity index (χ0n) is 6.50. The summed E-state index contributed by atoms with van der Waals surface area (Å²) < 4.78 is 1.40. The van der Waals surface area contributed by atoms with Gasteiger partial charge in [0.05, 0.1) is 0 Å². The molecule has 0 aliphatic carbocycles. The van der Waals surface area contributed by atoms with Crippen LogP contribution in [0.3, 0.4) is 0 Å². The van der Waals surface area contributed by atoms with Gasteiger partial charge in [0.1, 0.15) is 0 Å². The van der Waals surface area contributed by atoms with Crippen LogP contribution in [0.2, 0.25) is 0 Å². The van der Waals surface area contributed by atoms with Gasteiger partial charge >= 0.3 is 0 Å². The third kappa shape index (κ3) is 1.45. The largest absolute Gasteiger partial charge is 0.152 e. The molecule has 0 atom stereocenters. The molecule has 12 heavy (non-hydrogen) atoms. The molecule has 2 heterocycles. The summed E-state index contributed by atoms with van der Waals surface area (Å²) in [5, 5.41) is 6.56. The summed E-state index contributed by atoms with van der Waals surface area (Å²) in [6.07, 6.45) is 0. The van der Waals surface area contributed by atoms with Gasteiger partial charge in [0.25, 0.3) is 0 Å². The monoisotopic (exact) mass is 306 g/mol. The second-order valence-electron chi connectivity index (χ2n) is 2.53. The fourth-order valence-electron chi connectivity index (χ4n) is 1.05. The standard InChI is InChI=1S/C9H7IS2/c1-6-9(10)8(5-12-6)7-2-3-11-4-7/h2-5H,1H3. The van der Waals surface area contributed by atoms with Crippen molar-refractivity contribution in [1.29, 1.82) is 0 Å². The van der Waals surface area contributed by atoms with Crippen LogP contribution in [0, 0.1) is 10.5 Å². The first kappa shape index (κ1) is 8.72. The van der Waals surface area contributed by atoms with Gasteiger partial charge in [-0.1, -0.05) is 0 Å². The lowest BCUT2D eigenvalue weighted by Crippen LogP contribution is -1.73. The predicted molar refractivity (Wildman–Crippen MR) is 65.1 cm³/mol. The summed E-state index contributed by atoms with van der Waals surface area (Å²) in [7, 11) is 0. The van der Waals surface area contributed by atoms with E-state index in [1.807, 2.05) is 11.3 Å². The van der Waals surface area contributed by atoms with Crippen LogP contribution < -0.4 is 0 Å². The molecule has 0 saturated carbocycles. The van der Waals surface area contributed by atoms with Crippen molar-refractivity contribution >= 4 is 45.3 Å². The molecule has 0 N–H and O–H groups in total. The van der Waals surface area contributed by atoms with E-state index < -0.39 is 0 Å². The van der Waals surface area contributed by atoms with Crippen molar-refractivity contribution in [3.8, 4) is 11.1 Å². The second-order valence-corrected chi connectivity index (χ2v) is 5.47. The quantitative estimate of drug-likeness (QED) is 0.686. The van der Waals surface area contributed by atoms with E-state index in [-0.39, 0.29) is 0 Å². The van der Waals surface area contributed by atoms with E-state index in [2.05, 4.69) is 51.7 Å². The Morgan fingerprint density at radius 1 is 1.33 bits per heavy atom. The van der Waals surface area contributed by atoms with Crippen molar-refractivity contribution in [2.45, 2.75) is 6.92 Å². The predicted octanol–water partition coefficient (Wildman–Crippen LogP) is 4.39. The molecule has 0 nitrogen and oxygen atoms in total. The van der Waals surface area contributed by atoms with E-state index in [4.69, 9.17) is 0 Å². The molecule has 2 rings (SSSR count). The lowest BCUT2D eigenvalue weighted by Gasteiger charge is -1.93. The summed E-state index contributed by atoms with van der Waals surface area (Å²) in [5.41, 5.74) is 2.74. The van der Waals surface area contributed by atoms with Gasteiger partial charge in [0, 0.05) is 14.0 Å². The van der Waals surface area contributed by atoms with Crippen molar-refractivity contribution in [2.24, 2.45) is 0 Å². The summed E-state index contributed by atoms with van der Waals surface area (Å²) in [4.78, 5) is 1.41. The molecule has 0 aliphatic heterocycles. The summed E-state index contributed by atoms with van der Waals surface area (Å²) in [6.45, 7) is 2.17. The molecule has 0 fully saturated rings. The number of hydrogen-bond donors (Lipinski definition) is 0. The smallest absolute Gasteiger partial charge is 0.0345 e. The van der Waals surface area contributed by atoms with Crippen LogP contribution >= 0.6 is 45.3 Å². The van der Waals surface area contributed by atoms with Gasteiger partial charge in [-0.2, -0.15) is 11.3 Å². The zero-order valence-corrected chi connectivity index (χ0v) is 10.3. The van der Waals surface area contributed by atoms with E-state index in [1.165, 1.54) is 19.6 Å². The Hall–Kier alpha value is 0.130. The molecule has 2 aromatic heterocycles. The highest BCUT2D eigenvalue weighted by atomic mass is 127. The lowest BCUT2D eigenvalue weighted by atomic mass is 10.2. The van der Waals surface area contributed by atoms with Gasteiger partial charge in [0.15, 0.2) is 0 Å². The Balaban J connectivity index is 2.55.